The Balaban J connectivity index is 1.22. The van der Waals surface area contributed by atoms with Crippen LogP contribution in [0, 0.1) is 0 Å². The summed E-state index contributed by atoms with van der Waals surface area (Å²) in [5, 5.41) is 6.25. The lowest BCUT2D eigenvalue weighted by atomic mass is 10.0. The first-order chi connectivity index (χ1) is 16.0. The Bertz CT molecular complexity index is 890. The molecule has 1 aromatic carbocycles. The fourth-order valence-corrected chi connectivity index (χ4v) is 5.64. The van der Waals surface area contributed by atoms with Crippen LogP contribution in [0.1, 0.15) is 55.8 Å². The second-order valence-electron chi connectivity index (χ2n) is 8.95. The fourth-order valence-electron chi connectivity index (χ4n) is 4.52. The van der Waals surface area contributed by atoms with E-state index >= 15 is 0 Å². The minimum atomic E-state index is -0.464. The third kappa shape index (κ3) is 6.35. The number of nitrogens with one attached hydrogen (secondary N) is 2. The van der Waals surface area contributed by atoms with E-state index in [1.165, 1.54) is 11.8 Å². The molecule has 1 unspecified atom stereocenters. The summed E-state index contributed by atoms with van der Waals surface area (Å²) in [4.78, 5) is 46.0. The molecule has 0 bridgehead atoms. The summed E-state index contributed by atoms with van der Waals surface area (Å²) < 4.78 is 0. The lowest BCUT2D eigenvalue weighted by molar-refractivity contribution is -0.121. The van der Waals surface area contributed by atoms with Crippen molar-refractivity contribution in [3.05, 3.63) is 29.8 Å². The van der Waals surface area contributed by atoms with E-state index in [0.29, 0.717) is 11.3 Å². The van der Waals surface area contributed by atoms with Gasteiger partial charge < -0.3 is 20.4 Å². The number of thioether (sulfide) groups is 1. The Labute approximate surface area is 199 Å². The summed E-state index contributed by atoms with van der Waals surface area (Å²) in [6, 6.07) is 7.11. The summed E-state index contributed by atoms with van der Waals surface area (Å²) in [5.74, 6) is -0.541. The quantitative estimate of drug-likeness (QED) is 0.635. The van der Waals surface area contributed by atoms with Crippen molar-refractivity contribution in [2.75, 3.05) is 38.0 Å². The summed E-state index contributed by atoms with van der Waals surface area (Å²) in [7, 11) is 0. The van der Waals surface area contributed by atoms with Gasteiger partial charge in [0.25, 0.3) is 11.8 Å². The highest BCUT2D eigenvalue weighted by atomic mass is 32.2. The van der Waals surface area contributed by atoms with Crippen LogP contribution in [0.2, 0.25) is 0 Å². The first kappa shape index (κ1) is 23.8. The van der Waals surface area contributed by atoms with Gasteiger partial charge in [0.2, 0.25) is 5.91 Å². The molecular weight excluding hydrogens is 438 g/mol. The molecule has 2 fully saturated rings. The van der Waals surface area contributed by atoms with E-state index in [-0.39, 0.29) is 30.2 Å². The van der Waals surface area contributed by atoms with Crippen LogP contribution in [-0.2, 0) is 9.59 Å². The normalized spacial score (nSPS) is 21.8. The average molecular weight is 472 g/mol. The molecule has 33 heavy (non-hydrogen) atoms. The van der Waals surface area contributed by atoms with Gasteiger partial charge >= 0.3 is 0 Å². The largest absolute Gasteiger partial charge is 0.351 e. The number of anilines is 1. The number of carbonyl (C=O) groups excluding carboxylic acids is 3. The molecule has 0 saturated carbocycles. The molecule has 2 N–H and O–H groups in total. The van der Waals surface area contributed by atoms with Crippen molar-refractivity contribution in [2.45, 2.75) is 56.7 Å². The second-order valence-corrected chi connectivity index (χ2v) is 10.1. The number of likely N-dealkylation sites (tertiary alicyclic amines) is 2. The predicted octanol–water partition coefficient (Wildman–Crippen LogP) is 2.71. The van der Waals surface area contributed by atoms with Crippen molar-refractivity contribution in [2.24, 2.45) is 4.99 Å². The zero-order chi connectivity index (χ0) is 23.2. The van der Waals surface area contributed by atoms with E-state index in [2.05, 4.69) is 32.3 Å². The molecule has 178 valence electrons. The average Bonchev–Trinajstić information content (AvgIpc) is 3.46. The highest BCUT2D eigenvalue weighted by Gasteiger charge is 2.33. The molecule has 0 aromatic heterocycles. The summed E-state index contributed by atoms with van der Waals surface area (Å²) >= 11 is 1.39. The molecule has 3 aliphatic heterocycles. The van der Waals surface area contributed by atoms with Gasteiger partial charge in [0.05, 0.1) is 0 Å². The molecular formula is C24H33N5O3S. The monoisotopic (exact) mass is 471 g/mol. The number of aliphatic imine (C=N–C) groups is 1. The van der Waals surface area contributed by atoms with E-state index in [0.717, 1.165) is 70.0 Å². The van der Waals surface area contributed by atoms with Crippen LogP contribution in [0.5, 0.6) is 0 Å². The van der Waals surface area contributed by atoms with E-state index in [9.17, 15) is 14.4 Å². The van der Waals surface area contributed by atoms with E-state index in [4.69, 9.17) is 0 Å². The van der Waals surface area contributed by atoms with Crippen LogP contribution in [0.25, 0.3) is 0 Å². The van der Waals surface area contributed by atoms with Crippen LogP contribution in [0.3, 0.4) is 0 Å². The Kier molecular flexibility index (Phi) is 8.03. The number of piperidine rings is 1. The van der Waals surface area contributed by atoms with Crippen molar-refractivity contribution in [1.29, 1.82) is 0 Å². The van der Waals surface area contributed by atoms with Gasteiger partial charge in [0.15, 0.2) is 5.17 Å². The fraction of sp³-hybridized carbons (Fsp3) is 0.583. The first-order valence-electron chi connectivity index (χ1n) is 12.0. The van der Waals surface area contributed by atoms with E-state index in [1.807, 2.05) is 0 Å². The Hall–Kier alpha value is -2.39. The van der Waals surface area contributed by atoms with Crippen LogP contribution >= 0.6 is 11.8 Å². The molecule has 3 aliphatic rings. The molecule has 0 radical (unpaired) electrons. The molecule has 1 atom stereocenters. The highest BCUT2D eigenvalue weighted by molar-refractivity contribution is 8.15. The molecule has 3 heterocycles. The SMILES string of the molecule is CCCN1CCC(NC(=O)c2ccc(NC(=O)CC3SC(N4CCCC4)=NC3=O)cc2)CC1. The molecule has 8 nitrogen and oxygen atoms in total. The Morgan fingerprint density at radius 1 is 1.09 bits per heavy atom. The molecule has 3 amide bonds. The van der Waals surface area contributed by atoms with Crippen LogP contribution in [0.15, 0.2) is 29.3 Å². The van der Waals surface area contributed by atoms with Gasteiger partial charge in [-0.2, -0.15) is 4.99 Å². The zero-order valence-electron chi connectivity index (χ0n) is 19.2. The van der Waals surface area contributed by atoms with Crippen LogP contribution in [-0.4, -0.2) is 76.7 Å². The van der Waals surface area contributed by atoms with Gasteiger partial charge in [-0.05, 0) is 62.9 Å². The molecule has 1 aromatic rings. The lowest BCUT2D eigenvalue weighted by Crippen LogP contribution is -2.44. The van der Waals surface area contributed by atoms with Gasteiger partial charge in [-0.1, -0.05) is 18.7 Å². The van der Waals surface area contributed by atoms with Crippen molar-refractivity contribution in [3.8, 4) is 0 Å². The maximum Gasteiger partial charge on any atom is 0.262 e. The highest BCUT2D eigenvalue weighted by Crippen LogP contribution is 2.29. The minimum Gasteiger partial charge on any atom is -0.351 e. The summed E-state index contributed by atoms with van der Waals surface area (Å²) in [5.41, 5.74) is 1.19. The van der Waals surface area contributed by atoms with Gasteiger partial charge in [-0.15, -0.1) is 0 Å². The maximum atomic E-state index is 12.6. The number of hydrogen-bond donors (Lipinski definition) is 2. The van der Waals surface area contributed by atoms with Gasteiger partial charge in [0.1, 0.15) is 5.25 Å². The maximum absolute atomic E-state index is 12.6. The Morgan fingerprint density at radius 3 is 2.45 bits per heavy atom. The van der Waals surface area contributed by atoms with Crippen LogP contribution < -0.4 is 10.6 Å². The third-order valence-corrected chi connectivity index (χ3v) is 7.58. The smallest absolute Gasteiger partial charge is 0.262 e. The van der Waals surface area contributed by atoms with Gasteiger partial charge in [-0.3, -0.25) is 14.4 Å². The number of carbonyl (C=O) groups is 3. The van der Waals surface area contributed by atoms with Crippen molar-refractivity contribution in [3.63, 3.8) is 0 Å². The molecule has 9 heteroatoms. The standard InChI is InChI=1S/C24H33N5O3S/c1-2-11-28-14-9-19(10-15-28)26-22(31)17-5-7-18(8-6-17)25-21(30)16-20-23(32)27-24(33-20)29-12-3-4-13-29/h5-8,19-20H,2-4,9-16H2,1H3,(H,25,30)(H,26,31). The molecule has 0 aliphatic carbocycles. The number of benzene rings is 1. The molecule has 4 rings (SSSR count). The van der Waals surface area contributed by atoms with E-state index < -0.39 is 5.25 Å². The van der Waals surface area contributed by atoms with Gasteiger partial charge in [-0.25, -0.2) is 0 Å². The number of amidine groups is 1. The summed E-state index contributed by atoms with van der Waals surface area (Å²) in [6.45, 7) is 7.21. The van der Waals surface area contributed by atoms with Crippen molar-refractivity contribution >= 4 is 40.3 Å². The number of nitrogens with zero attached hydrogens (tertiary/aromatic N) is 3. The zero-order valence-corrected chi connectivity index (χ0v) is 20.0. The Morgan fingerprint density at radius 2 is 1.79 bits per heavy atom. The third-order valence-electron chi connectivity index (χ3n) is 6.37. The number of hydrogen-bond acceptors (Lipinski definition) is 6. The molecule has 0 spiro atoms. The first-order valence-corrected chi connectivity index (χ1v) is 12.9. The minimum absolute atomic E-state index is 0.0821. The van der Waals surface area contributed by atoms with Crippen molar-refractivity contribution in [1.82, 2.24) is 15.1 Å². The molecule has 2 saturated heterocycles. The topological polar surface area (TPSA) is 94.1 Å². The lowest BCUT2D eigenvalue weighted by Gasteiger charge is -2.32. The number of amides is 3. The number of rotatable bonds is 7. The van der Waals surface area contributed by atoms with Gasteiger partial charge in [0, 0.05) is 49.9 Å². The summed E-state index contributed by atoms with van der Waals surface area (Å²) in [6.07, 6.45) is 5.42. The van der Waals surface area contributed by atoms with Crippen molar-refractivity contribution < 1.29 is 14.4 Å². The predicted molar refractivity (Wildman–Crippen MR) is 132 cm³/mol. The van der Waals surface area contributed by atoms with E-state index in [1.54, 1.807) is 24.3 Å². The second kappa shape index (κ2) is 11.2. The van der Waals surface area contributed by atoms with Crippen LogP contribution in [0.4, 0.5) is 5.69 Å².